The van der Waals surface area contributed by atoms with Crippen LogP contribution in [0.25, 0.3) is 0 Å². The van der Waals surface area contributed by atoms with Gasteiger partial charge in [0, 0.05) is 32.5 Å². The fraction of sp³-hybridized carbons (Fsp3) is 0.765. The molecular weight excluding hydrogens is 626 g/mol. The minimum Gasteiger partial charge on any atom is -0.445 e. The highest BCUT2D eigenvalue weighted by molar-refractivity contribution is 5.76. The lowest BCUT2D eigenvalue weighted by atomic mass is 9.74. The minimum absolute atomic E-state index is 0.0110. The number of likely N-dealkylation sites (N-methyl/N-ethyl adjacent to an activating group) is 1. The summed E-state index contributed by atoms with van der Waals surface area (Å²) in [6.07, 6.45) is -6.19. The molecule has 14 heteroatoms. The first-order valence-electron chi connectivity index (χ1n) is 17.1. The Bertz CT molecular complexity index is 1150. The molecule has 1 aliphatic carbocycles. The standard InChI is InChI=1S/C34H55N3O11/c1-5-23-12-11-19(2)32(45-23)47-30-20(3)15-22(31(29(30)42)48-33-28(41)26(35)27(40)24(17-38)46-33)16-25(39)37(4)14-13-36-34(43)44-18-21-9-7-6-8-10-21/h6-10,19-20,22-24,26-33,38,40-42H,5,11-18,35H2,1-4H3,(H,36,43)/t19-,20+,22+,23-,24-,26+,27-,28-,29+,30?,31+,32-,33-/m1/s1. The van der Waals surface area contributed by atoms with Crippen molar-refractivity contribution in [1.82, 2.24) is 10.2 Å². The Morgan fingerprint density at radius 1 is 0.979 bits per heavy atom. The molecule has 1 unspecified atom stereocenters. The first-order chi connectivity index (χ1) is 22.9. The smallest absolute Gasteiger partial charge is 0.407 e. The highest BCUT2D eigenvalue weighted by Gasteiger charge is 2.50. The van der Waals surface area contributed by atoms with Crippen molar-refractivity contribution in [1.29, 1.82) is 0 Å². The van der Waals surface area contributed by atoms with Gasteiger partial charge in [0.2, 0.25) is 5.91 Å². The number of nitrogens with zero attached hydrogens (tertiary/aromatic N) is 1. The van der Waals surface area contributed by atoms with Crippen molar-refractivity contribution in [2.75, 3.05) is 26.7 Å². The molecule has 0 spiro atoms. The molecule has 2 saturated heterocycles. The molecule has 272 valence electrons. The number of carbonyl (C=O) groups excluding carboxylic acids is 2. The van der Waals surface area contributed by atoms with Crippen LogP contribution in [-0.2, 0) is 35.1 Å². The quantitative estimate of drug-likeness (QED) is 0.172. The maximum atomic E-state index is 13.4. The third-order valence-corrected chi connectivity index (χ3v) is 9.88. The van der Waals surface area contributed by atoms with Crippen LogP contribution in [0.1, 0.15) is 58.4 Å². The Balaban J connectivity index is 1.41. The van der Waals surface area contributed by atoms with E-state index in [4.69, 9.17) is 29.4 Å². The van der Waals surface area contributed by atoms with Crippen LogP contribution < -0.4 is 11.1 Å². The molecule has 0 aromatic heterocycles. The number of amides is 2. The van der Waals surface area contributed by atoms with E-state index in [1.54, 1.807) is 7.05 Å². The Morgan fingerprint density at radius 3 is 2.38 bits per heavy atom. The van der Waals surface area contributed by atoms with E-state index >= 15 is 0 Å². The molecule has 1 aromatic carbocycles. The van der Waals surface area contributed by atoms with Gasteiger partial charge in [0.1, 0.15) is 31.0 Å². The van der Waals surface area contributed by atoms with Crippen LogP contribution >= 0.6 is 0 Å². The van der Waals surface area contributed by atoms with E-state index < -0.39 is 73.9 Å². The van der Waals surface area contributed by atoms with Crippen LogP contribution in [0.4, 0.5) is 4.79 Å². The summed E-state index contributed by atoms with van der Waals surface area (Å²) in [5, 5.41) is 45.4. The number of nitrogens with one attached hydrogen (secondary N) is 1. The molecule has 0 radical (unpaired) electrons. The zero-order valence-corrected chi connectivity index (χ0v) is 28.4. The number of carbonyl (C=O) groups is 2. The van der Waals surface area contributed by atoms with Gasteiger partial charge in [-0.15, -0.1) is 0 Å². The minimum atomic E-state index is -1.47. The fourth-order valence-electron chi connectivity index (χ4n) is 6.74. The first kappa shape index (κ1) is 38.4. The van der Waals surface area contributed by atoms with Crippen LogP contribution in [0.2, 0.25) is 0 Å². The molecule has 3 aliphatic rings. The summed E-state index contributed by atoms with van der Waals surface area (Å²) in [7, 11) is 1.62. The summed E-state index contributed by atoms with van der Waals surface area (Å²) in [6, 6.07) is 8.12. The van der Waals surface area contributed by atoms with E-state index in [1.807, 2.05) is 44.2 Å². The number of aliphatic hydroxyl groups excluding tert-OH is 4. The van der Waals surface area contributed by atoms with Crippen molar-refractivity contribution < 1.29 is 53.7 Å². The second-order valence-electron chi connectivity index (χ2n) is 13.5. The van der Waals surface area contributed by atoms with Gasteiger partial charge in [0.05, 0.1) is 31.0 Å². The summed E-state index contributed by atoms with van der Waals surface area (Å²) >= 11 is 0. The number of hydrogen-bond acceptors (Lipinski definition) is 12. The number of benzene rings is 1. The number of nitrogens with two attached hydrogens (primary N) is 1. The molecule has 14 nitrogen and oxygen atoms in total. The average molecular weight is 682 g/mol. The number of ether oxygens (including phenoxy) is 5. The first-order valence-corrected chi connectivity index (χ1v) is 17.1. The van der Waals surface area contributed by atoms with E-state index in [1.165, 1.54) is 4.90 Å². The Morgan fingerprint density at radius 2 is 1.69 bits per heavy atom. The SMILES string of the molecule is CC[C@@H]1CC[C@@H](C)[C@@H](OC2[C@@H](C)C[C@@H](CC(=O)N(C)CCNC(=O)OCc3ccccc3)[C@H](O[C@H]3O[C@H](CO)[C@@H](O)[C@H](N)[C@H]3O)[C@H]2O)O1. The molecule has 13 atom stereocenters. The van der Waals surface area contributed by atoms with Crippen LogP contribution in [0, 0.1) is 17.8 Å². The molecule has 1 saturated carbocycles. The Kier molecular flexibility index (Phi) is 14.4. The number of hydrogen-bond donors (Lipinski definition) is 6. The number of aliphatic hydroxyl groups is 4. The zero-order chi connectivity index (χ0) is 35.0. The van der Waals surface area contributed by atoms with Crippen molar-refractivity contribution in [3.05, 3.63) is 35.9 Å². The molecule has 48 heavy (non-hydrogen) atoms. The van der Waals surface area contributed by atoms with Crippen molar-refractivity contribution in [2.45, 2.75) is 121 Å². The van der Waals surface area contributed by atoms with Crippen molar-refractivity contribution in [3.8, 4) is 0 Å². The topological polar surface area (TPSA) is 202 Å². The molecule has 4 rings (SSSR count). The van der Waals surface area contributed by atoms with Crippen LogP contribution in [0.3, 0.4) is 0 Å². The van der Waals surface area contributed by atoms with Crippen molar-refractivity contribution in [2.24, 2.45) is 23.5 Å². The normalized spacial score (nSPS) is 37.1. The summed E-state index contributed by atoms with van der Waals surface area (Å²) in [6.45, 7) is 6.00. The van der Waals surface area contributed by atoms with Gasteiger partial charge >= 0.3 is 6.09 Å². The van der Waals surface area contributed by atoms with Crippen LogP contribution in [0.15, 0.2) is 30.3 Å². The number of alkyl carbamates (subject to hydrolysis) is 1. The summed E-state index contributed by atoms with van der Waals surface area (Å²) in [5.41, 5.74) is 6.89. The van der Waals surface area contributed by atoms with Gasteiger partial charge in [-0.3, -0.25) is 4.79 Å². The largest absolute Gasteiger partial charge is 0.445 e. The van der Waals surface area contributed by atoms with Gasteiger partial charge < -0.3 is 60.1 Å². The second-order valence-corrected chi connectivity index (χ2v) is 13.5. The second kappa shape index (κ2) is 18.0. The summed E-state index contributed by atoms with van der Waals surface area (Å²) in [4.78, 5) is 27.1. The van der Waals surface area contributed by atoms with E-state index in [2.05, 4.69) is 12.2 Å². The van der Waals surface area contributed by atoms with Gasteiger partial charge in [-0.25, -0.2) is 4.79 Å². The van der Waals surface area contributed by atoms with Crippen LogP contribution in [-0.4, -0.2) is 125 Å². The van der Waals surface area contributed by atoms with Gasteiger partial charge in [0.15, 0.2) is 12.6 Å². The lowest BCUT2D eigenvalue weighted by molar-refractivity contribution is -0.323. The highest BCUT2D eigenvalue weighted by Crippen LogP contribution is 2.40. The third-order valence-electron chi connectivity index (χ3n) is 9.88. The van der Waals surface area contributed by atoms with E-state index in [0.29, 0.717) is 6.42 Å². The van der Waals surface area contributed by atoms with E-state index in [-0.39, 0.29) is 50.0 Å². The Labute approximate surface area is 282 Å². The van der Waals surface area contributed by atoms with Crippen molar-refractivity contribution in [3.63, 3.8) is 0 Å². The maximum absolute atomic E-state index is 13.4. The van der Waals surface area contributed by atoms with Gasteiger partial charge in [-0.1, -0.05) is 51.1 Å². The third kappa shape index (κ3) is 9.86. The molecule has 2 heterocycles. The molecule has 7 N–H and O–H groups in total. The summed E-state index contributed by atoms with van der Waals surface area (Å²) in [5.74, 6) is -0.842. The average Bonchev–Trinajstić information content (AvgIpc) is 3.08. The predicted molar refractivity (Wildman–Crippen MR) is 173 cm³/mol. The lowest BCUT2D eigenvalue weighted by Gasteiger charge is -2.48. The van der Waals surface area contributed by atoms with Crippen LogP contribution in [0.5, 0.6) is 0 Å². The predicted octanol–water partition coefficient (Wildman–Crippen LogP) is 0.866. The van der Waals surface area contributed by atoms with Gasteiger partial charge in [-0.05, 0) is 43.1 Å². The van der Waals surface area contributed by atoms with Gasteiger partial charge in [-0.2, -0.15) is 0 Å². The molecular formula is C34H55N3O11. The molecule has 2 amide bonds. The molecule has 0 bridgehead atoms. The molecule has 1 aromatic rings. The number of rotatable bonds is 13. The summed E-state index contributed by atoms with van der Waals surface area (Å²) < 4.78 is 29.8. The Hall–Kier alpha value is -2.40. The molecule has 2 aliphatic heterocycles. The van der Waals surface area contributed by atoms with E-state index in [0.717, 1.165) is 24.8 Å². The monoisotopic (exact) mass is 681 g/mol. The lowest BCUT2D eigenvalue weighted by Crippen LogP contribution is -2.64. The highest BCUT2D eigenvalue weighted by atomic mass is 16.7. The van der Waals surface area contributed by atoms with E-state index in [9.17, 15) is 30.0 Å². The maximum Gasteiger partial charge on any atom is 0.407 e. The van der Waals surface area contributed by atoms with Crippen molar-refractivity contribution >= 4 is 12.0 Å². The fourth-order valence-corrected chi connectivity index (χ4v) is 6.74. The zero-order valence-electron chi connectivity index (χ0n) is 28.4. The molecule has 3 fully saturated rings. The van der Waals surface area contributed by atoms with Gasteiger partial charge in [0.25, 0.3) is 0 Å².